The van der Waals surface area contributed by atoms with E-state index in [9.17, 15) is 28.1 Å². The number of nitrogens with two attached hydrogens (primary N) is 1. The van der Waals surface area contributed by atoms with E-state index in [1.165, 1.54) is 36.4 Å². The summed E-state index contributed by atoms with van der Waals surface area (Å²) in [5, 5.41) is 19.2. The molecular formula is C20H19N5O7S2. The molecule has 0 aliphatic heterocycles. The van der Waals surface area contributed by atoms with Crippen molar-refractivity contribution in [1.29, 1.82) is 0 Å². The second-order valence-electron chi connectivity index (χ2n) is 7.00. The number of hydrogen-bond donors (Lipinski definition) is 2. The maximum atomic E-state index is 12.5. The van der Waals surface area contributed by atoms with Crippen molar-refractivity contribution in [3.63, 3.8) is 0 Å². The third-order valence-electron chi connectivity index (χ3n) is 4.42. The molecule has 0 spiro atoms. The zero-order valence-corrected chi connectivity index (χ0v) is 19.3. The largest absolute Gasteiger partial charge is 0.392 e. The number of carbonyl (C=O) groups excluding carboxylic acids is 2. The molecule has 0 amide bonds. The average Bonchev–Trinajstić information content (AvgIpc) is 3.25. The Morgan fingerprint density at radius 1 is 1.21 bits per heavy atom. The molecule has 0 saturated carbocycles. The standard InChI is InChI=1S/C20H19N5O7S2/c1-12-3-2-4-15(9-12)34(30,31)24-16(11-21)20(27)32-18(26)10-17-22-23-19(33-17)13-5-7-14(8-6-13)25(28)29/h2-9,16,24H,10-11,21H2,1H3. The Morgan fingerprint density at radius 3 is 2.53 bits per heavy atom. The van der Waals surface area contributed by atoms with Crippen LogP contribution in [0.1, 0.15) is 10.6 Å². The van der Waals surface area contributed by atoms with Gasteiger partial charge in [-0.05, 0) is 36.8 Å². The fraction of sp³-hybridized carbons (Fsp3) is 0.200. The molecule has 2 aromatic carbocycles. The lowest BCUT2D eigenvalue weighted by atomic mass is 10.2. The summed E-state index contributed by atoms with van der Waals surface area (Å²) in [6.07, 6.45) is -0.391. The quantitative estimate of drug-likeness (QED) is 0.186. The van der Waals surface area contributed by atoms with Crippen molar-refractivity contribution in [1.82, 2.24) is 14.9 Å². The molecule has 12 nitrogen and oxygen atoms in total. The summed E-state index contributed by atoms with van der Waals surface area (Å²) < 4.78 is 31.9. The molecule has 3 rings (SSSR count). The summed E-state index contributed by atoms with van der Waals surface area (Å²) in [5.41, 5.74) is 6.70. The molecule has 0 fully saturated rings. The summed E-state index contributed by atoms with van der Waals surface area (Å²) in [6.45, 7) is 1.28. The smallest absolute Gasteiger partial charge is 0.333 e. The Morgan fingerprint density at radius 2 is 1.91 bits per heavy atom. The number of aromatic nitrogens is 2. The molecular weight excluding hydrogens is 486 g/mol. The number of nitro benzene ring substituents is 1. The van der Waals surface area contributed by atoms with Crippen molar-refractivity contribution in [3.8, 4) is 10.6 Å². The van der Waals surface area contributed by atoms with Gasteiger partial charge >= 0.3 is 11.9 Å². The molecule has 0 bridgehead atoms. The minimum atomic E-state index is -4.07. The number of ether oxygens (including phenoxy) is 1. The van der Waals surface area contributed by atoms with E-state index in [0.717, 1.165) is 11.3 Å². The van der Waals surface area contributed by atoms with E-state index < -0.39 is 45.9 Å². The Balaban J connectivity index is 1.61. The fourth-order valence-electron chi connectivity index (χ4n) is 2.74. The first-order chi connectivity index (χ1) is 16.1. The fourth-order valence-corrected chi connectivity index (χ4v) is 4.87. The van der Waals surface area contributed by atoms with Gasteiger partial charge < -0.3 is 10.5 Å². The van der Waals surface area contributed by atoms with Crippen LogP contribution in [0.25, 0.3) is 10.6 Å². The number of hydrogen-bond acceptors (Lipinski definition) is 11. The zero-order valence-electron chi connectivity index (χ0n) is 17.7. The lowest BCUT2D eigenvalue weighted by Crippen LogP contribution is -2.47. The molecule has 0 aliphatic carbocycles. The first-order valence-electron chi connectivity index (χ1n) is 9.70. The third-order valence-corrected chi connectivity index (χ3v) is 6.86. The third kappa shape index (κ3) is 6.26. The van der Waals surface area contributed by atoms with Crippen molar-refractivity contribution >= 4 is 39.0 Å². The number of benzene rings is 2. The highest BCUT2D eigenvalue weighted by atomic mass is 32.2. The average molecular weight is 506 g/mol. The predicted octanol–water partition coefficient (Wildman–Crippen LogP) is 1.34. The van der Waals surface area contributed by atoms with Crippen LogP contribution in [-0.4, -0.2) is 48.1 Å². The van der Waals surface area contributed by atoms with Gasteiger partial charge in [0.15, 0.2) is 0 Å². The molecule has 0 radical (unpaired) electrons. The minimum Gasteiger partial charge on any atom is -0.392 e. The van der Waals surface area contributed by atoms with E-state index in [2.05, 4.69) is 14.9 Å². The van der Waals surface area contributed by atoms with Crippen molar-refractivity contribution < 1.29 is 27.7 Å². The molecule has 0 saturated heterocycles. The number of aryl methyl sites for hydroxylation is 1. The summed E-state index contributed by atoms with van der Waals surface area (Å²) in [7, 11) is -4.07. The normalized spacial score (nSPS) is 12.2. The number of carbonyl (C=O) groups is 2. The van der Waals surface area contributed by atoms with Crippen molar-refractivity contribution in [2.24, 2.45) is 5.73 Å². The number of esters is 2. The summed E-state index contributed by atoms with van der Waals surface area (Å²) in [5.74, 6) is -2.12. The van der Waals surface area contributed by atoms with Crippen molar-refractivity contribution in [3.05, 3.63) is 69.2 Å². The molecule has 1 heterocycles. The lowest BCUT2D eigenvalue weighted by Gasteiger charge is -2.15. The van der Waals surface area contributed by atoms with E-state index in [-0.39, 0.29) is 15.6 Å². The van der Waals surface area contributed by atoms with Crippen LogP contribution in [0.3, 0.4) is 0 Å². The maximum Gasteiger partial charge on any atom is 0.333 e. The highest BCUT2D eigenvalue weighted by molar-refractivity contribution is 7.89. The Hall–Kier alpha value is -3.59. The number of sulfonamides is 1. The summed E-state index contributed by atoms with van der Waals surface area (Å²) in [6, 6.07) is 10.2. The van der Waals surface area contributed by atoms with Gasteiger partial charge in [-0.25, -0.2) is 13.2 Å². The molecule has 34 heavy (non-hydrogen) atoms. The second kappa shape index (κ2) is 10.6. The Bertz CT molecular complexity index is 1320. The van der Waals surface area contributed by atoms with Crippen molar-refractivity contribution in [2.75, 3.05) is 6.54 Å². The van der Waals surface area contributed by atoms with Gasteiger partial charge in [0.05, 0.1) is 9.82 Å². The Labute approximate surface area is 198 Å². The van der Waals surface area contributed by atoms with E-state index >= 15 is 0 Å². The number of non-ortho nitro benzene ring substituents is 1. The van der Waals surface area contributed by atoms with Crippen LogP contribution in [0, 0.1) is 17.0 Å². The molecule has 1 atom stereocenters. The van der Waals surface area contributed by atoms with E-state index in [1.807, 2.05) is 0 Å². The van der Waals surface area contributed by atoms with Gasteiger partial charge in [-0.2, -0.15) is 4.72 Å². The first-order valence-corrected chi connectivity index (χ1v) is 12.0. The first kappa shape index (κ1) is 25.0. The second-order valence-corrected chi connectivity index (χ2v) is 9.78. The van der Waals surface area contributed by atoms with Gasteiger partial charge in [-0.3, -0.25) is 14.9 Å². The number of nitro groups is 1. The molecule has 1 aromatic heterocycles. The van der Waals surface area contributed by atoms with Crippen LogP contribution in [-0.2, 0) is 30.8 Å². The molecule has 178 valence electrons. The predicted molar refractivity (Wildman–Crippen MR) is 121 cm³/mol. The van der Waals surface area contributed by atoms with Crippen LogP contribution in [0.15, 0.2) is 53.4 Å². The molecule has 1 unspecified atom stereocenters. The van der Waals surface area contributed by atoms with E-state index in [0.29, 0.717) is 16.1 Å². The Kier molecular flexibility index (Phi) is 7.78. The zero-order chi connectivity index (χ0) is 24.9. The SMILES string of the molecule is Cc1cccc(S(=O)(=O)NC(CN)C(=O)OC(=O)Cc2nnc(-c3ccc([N+](=O)[O-])cc3)s2)c1. The number of nitrogens with zero attached hydrogens (tertiary/aromatic N) is 3. The van der Waals surface area contributed by atoms with Gasteiger partial charge in [0.2, 0.25) is 10.0 Å². The van der Waals surface area contributed by atoms with Crippen LogP contribution in [0.4, 0.5) is 5.69 Å². The van der Waals surface area contributed by atoms with Crippen LogP contribution in [0.5, 0.6) is 0 Å². The topological polar surface area (TPSA) is 184 Å². The van der Waals surface area contributed by atoms with Gasteiger partial charge in [0.25, 0.3) is 5.69 Å². The maximum absolute atomic E-state index is 12.5. The van der Waals surface area contributed by atoms with Crippen LogP contribution < -0.4 is 10.5 Å². The number of nitrogens with one attached hydrogen (secondary N) is 1. The number of rotatable bonds is 9. The van der Waals surface area contributed by atoms with Gasteiger partial charge in [-0.1, -0.05) is 23.5 Å². The van der Waals surface area contributed by atoms with Crippen LogP contribution in [0.2, 0.25) is 0 Å². The minimum absolute atomic E-state index is 0.0577. The van der Waals surface area contributed by atoms with E-state index in [4.69, 9.17) is 10.5 Å². The van der Waals surface area contributed by atoms with Gasteiger partial charge in [-0.15, -0.1) is 10.2 Å². The van der Waals surface area contributed by atoms with Gasteiger partial charge in [0, 0.05) is 24.2 Å². The molecule has 3 aromatic rings. The van der Waals surface area contributed by atoms with Crippen molar-refractivity contribution in [2.45, 2.75) is 24.3 Å². The molecule has 3 N–H and O–H groups in total. The molecule has 0 aliphatic rings. The summed E-state index contributed by atoms with van der Waals surface area (Å²) in [4.78, 5) is 34.7. The molecule has 14 heteroatoms. The highest BCUT2D eigenvalue weighted by Gasteiger charge is 2.28. The monoisotopic (exact) mass is 505 g/mol. The highest BCUT2D eigenvalue weighted by Crippen LogP contribution is 2.25. The van der Waals surface area contributed by atoms with Crippen LogP contribution >= 0.6 is 11.3 Å². The summed E-state index contributed by atoms with van der Waals surface area (Å²) >= 11 is 1.04. The van der Waals surface area contributed by atoms with E-state index in [1.54, 1.807) is 19.1 Å². The van der Waals surface area contributed by atoms with Gasteiger partial charge in [0.1, 0.15) is 22.5 Å². The lowest BCUT2D eigenvalue weighted by molar-refractivity contribution is -0.384.